The van der Waals surface area contributed by atoms with Gasteiger partial charge in [-0.2, -0.15) is 0 Å². The molecule has 0 aliphatic carbocycles. The van der Waals surface area contributed by atoms with Gasteiger partial charge in [0.05, 0.1) is 6.54 Å². The van der Waals surface area contributed by atoms with Crippen LogP contribution < -0.4 is 5.73 Å². The number of amides is 1. The molecule has 1 rings (SSSR count). The van der Waals surface area contributed by atoms with Crippen LogP contribution in [-0.2, 0) is 9.53 Å². The summed E-state index contributed by atoms with van der Waals surface area (Å²) in [5.74, 6) is -1.08. The molecule has 1 aliphatic heterocycles. The molecule has 1 heterocycles. The Bertz CT molecular complexity index is 310. The van der Waals surface area contributed by atoms with Crippen molar-refractivity contribution in [3.8, 4) is 0 Å². The van der Waals surface area contributed by atoms with Crippen LogP contribution in [0.1, 0.15) is 27.2 Å². The standard InChI is InChI=1S/C10H18N2O4/c1-9(2,3)16-8(15)12-5-4-10(11,6-12)7(13)14/h4-6,11H2,1-3H3,(H,13,14). The van der Waals surface area contributed by atoms with Crippen molar-refractivity contribution in [3.05, 3.63) is 0 Å². The second-order valence-electron chi connectivity index (χ2n) is 5.11. The van der Waals surface area contributed by atoms with E-state index in [2.05, 4.69) is 0 Å². The van der Waals surface area contributed by atoms with E-state index in [1.165, 1.54) is 4.90 Å². The molecule has 16 heavy (non-hydrogen) atoms. The number of likely N-dealkylation sites (tertiary alicyclic amines) is 1. The van der Waals surface area contributed by atoms with E-state index in [1.807, 2.05) is 0 Å². The van der Waals surface area contributed by atoms with Gasteiger partial charge in [0.1, 0.15) is 11.1 Å². The molecule has 1 amide bonds. The molecule has 0 radical (unpaired) electrons. The van der Waals surface area contributed by atoms with Crippen LogP contribution in [0.25, 0.3) is 0 Å². The van der Waals surface area contributed by atoms with Crippen LogP contribution >= 0.6 is 0 Å². The van der Waals surface area contributed by atoms with Gasteiger partial charge in [0, 0.05) is 6.54 Å². The molecule has 6 nitrogen and oxygen atoms in total. The smallest absolute Gasteiger partial charge is 0.410 e. The monoisotopic (exact) mass is 230 g/mol. The Morgan fingerprint density at radius 1 is 1.44 bits per heavy atom. The lowest BCUT2D eigenvalue weighted by Gasteiger charge is -2.25. The Labute approximate surface area is 94.3 Å². The fraction of sp³-hybridized carbons (Fsp3) is 0.800. The molecule has 1 fully saturated rings. The van der Waals surface area contributed by atoms with Crippen molar-refractivity contribution in [3.63, 3.8) is 0 Å². The SMILES string of the molecule is CC(C)(C)OC(=O)N1CCC(N)(C(=O)O)C1. The zero-order chi connectivity index (χ0) is 12.6. The highest BCUT2D eigenvalue weighted by Gasteiger charge is 2.43. The van der Waals surface area contributed by atoms with E-state index >= 15 is 0 Å². The summed E-state index contributed by atoms with van der Waals surface area (Å²) >= 11 is 0. The van der Waals surface area contributed by atoms with Gasteiger partial charge in [-0.15, -0.1) is 0 Å². The largest absolute Gasteiger partial charge is 0.480 e. The predicted octanol–water partition coefficient (Wildman–Crippen LogP) is 0.409. The highest BCUT2D eigenvalue weighted by Crippen LogP contribution is 2.21. The molecule has 1 unspecified atom stereocenters. The minimum atomic E-state index is -1.34. The summed E-state index contributed by atoms with van der Waals surface area (Å²) in [6.07, 6.45) is -0.261. The normalized spacial score (nSPS) is 25.6. The van der Waals surface area contributed by atoms with Crippen LogP contribution in [0.4, 0.5) is 4.79 Å². The predicted molar refractivity (Wildman–Crippen MR) is 57.0 cm³/mol. The molecule has 92 valence electrons. The summed E-state index contributed by atoms with van der Waals surface area (Å²) in [4.78, 5) is 23.8. The molecule has 0 aromatic rings. The van der Waals surface area contributed by atoms with E-state index < -0.39 is 23.2 Å². The van der Waals surface area contributed by atoms with E-state index in [0.29, 0.717) is 6.54 Å². The molecule has 3 N–H and O–H groups in total. The van der Waals surface area contributed by atoms with E-state index in [1.54, 1.807) is 20.8 Å². The summed E-state index contributed by atoms with van der Waals surface area (Å²) in [5.41, 5.74) is 3.73. The number of carboxylic acids is 1. The molecule has 1 saturated heterocycles. The number of carboxylic acid groups (broad SMARTS) is 1. The van der Waals surface area contributed by atoms with Crippen molar-refractivity contribution in [1.82, 2.24) is 4.90 Å². The summed E-state index contributed by atoms with van der Waals surface area (Å²) in [5, 5.41) is 8.90. The first kappa shape index (κ1) is 12.8. The van der Waals surface area contributed by atoms with Crippen molar-refractivity contribution in [2.24, 2.45) is 5.73 Å². The maximum absolute atomic E-state index is 11.6. The van der Waals surface area contributed by atoms with E-state index in [4.69, 9.17) is 15.6 Å². The van der Waals surface area contributed by atoms with Gasteiger partial charge in [-0.25, -0.2) is 4.79 Å². The Balaban J connectivity index is 2.60. The summed E-state index contributed by atoms with van der Waals surface area (Å²) in [7, 11) is 0. The highest BCUT2D eigenvalue weighted by atomic mass is 16.6. The van der Waals surface area contributed by atoms with Crippen LogP contribution in [0.2, 0.25) is 0 Å². The first-order valence-corrected chi connectivity index (χ1v) is 5.14. The van der Waals surface area contributed by atoms with Crippen LogP contribution in [0.3, 0.4) is 0 Å². The second kappa shape index (κ2) is 3.93. The average molecular weight is 230 g/mol. The number of hydrogen-bond acceptors (Lipinski definition) is 4. The van der Waals surface area contributed by atoms with Crippen molar-refractivity contribution in [2.45, 2.75) is 38.3 Å². The lowest BCUT2D eigenvalue weighted by Crippen LogP contribution is -2.51. The maximum Gasteiger partial charge on any atom is 0.410 e. The zero-order valence-corrected chi connectivity index (χ0v) is 9.82. The van der Waals surface area contributed by atoms with Crippen LogP contribution in [0.5, 0.6) is 0 Å². The van der Waals surface area contributed by atoms with Crippen LogP contribution in [0.15, 0.2) is 0 Å². The molecular formula is C10H18N2O4. The Kier molecular flexibility index (Phi) is 3.14. The van der Waals surface area contributed by atoms with Gasteiger partial charge in [-0.3, -0.25) is 4.79 Å². The molecule has 0 spiro atoms. The van der Waals surface area contributed by atoms with E-state index in [-0.39, 0.29) is 13.0 Å². The second-order valence-corrected chi connectivity index (χ2v) is 5.11. The molecule has 1 atom stereocenters. The molecule has 1 aliphatic rings. The maximum atomic E-state index is 11.6. The summed E-state index contributed by atoms with van der Waals surface area (Å²) in [6.45, 7) is 5.59. The fourth-order valence-electron chi connectivity index (χ4n) is 1.49. The lowest BCUT2D eigenvalue weighted by atomic mass is 10.0. The molecule has 6 heteroatoms. The number of rotatable bonds is 1. The summed E-state index contributed by atoms with van der Waals surface area (Å²) in [6, 6.07) is 0. The number of aliphatic carboxylic acids is 1. The van der Waals surface area contributed by atoms with Crippen LogP contribution in [-0.4, -0.2) is 46.3 Å². The number of carbonyl (C=O) groups excluding carboxylic acids is 1. The van der Waals surface area contributed by atoms with Gasteiger partial charge in [0.2, 0.25) is 0 Å². The van der Waals surface area contributed by atoms with Gasteiger partial charge in [0.15, 0.2) is 0 Å². The molecule has 0 bridgehead atoms. The Morgan fingerprint density at radius 3 is 2.38 bits per heavy atom. The molecular weight excluding hydrogens is 212 g/mol. The topological polar surface area (TPSA) is 92.9 Å². The van der Waals surface area contributed by atoms with Crippen molar-refractivity contribution < 1.29 is 19.4 Å². The van der Waals surface area contributed by atoms with Gasteiger partial charge in [0.25, 0.3) is 0 Å². The fourth-order valence-corrected chi connectivity index (χ4v) is 1.49. The number of nitrogens with zero attached hydrogens (tertiary/aromatic N) is 1. The third-order valence-electron chi connectivity index (χ3n) is 2.38. The van der Waals surface area contributed by atoms with Gasteiger partial charge >= 0.3 is 12.1 Å². The quantitative estimate of drug-likeness (QED) is 0.680. The average Bonchev–Trinajstić information content (AvgIpc) is 2.46. The first-order chi connectivity index (χ1) is 7.14. The lowest BCUT2D eigenvalue weighted by molar-refractivity contribution is -0.142. The number of hydrogen-bond donors (Lipinski definition) is 2. The van der Waals surface area contributed by atoms with E-state index in [9.17, 15) is 9.59 Å². The highest BCUT2D eigenvalue weighted by molar-refractivity contribution is 5.81. The third kappa shape index (κ3) is 2.85. The Hall–Kier alpha value is -1.30. The van der Waals surface area contributed by atoms with Crippen molar-refractivity contribution in [1.29, 1.82) is 0 Å². The molecule has 0 saturated carbocycles. The molecule has 0 aromatic heterocycles. The number of ether oxygens (including phenoxy) is 1. The minimum absolute atomic E-state index is 0.00273. The molecule has 0 aromatic carbocycles. The zero-order valence-electron chi connectivity index (χ0n) is 9.82. The van der Waals surface area contributed by atoms with Gasteiger partial charge < -0.3 is 20.5 Å². The van der Waals surface area contributed by atoms with Gasteiger partial charge in [-0.1, -0.05) is 0 Å². The number of nitrogens with two attached hydrogens (primary N) is 1. The Morgan fingerprint density at radius 2 is 2.00 bits per heavy atom. The van der Waals surface area contributed by atoms with Gasteiger partial charge in [-0.05, 0) is 27.2 Å². The first-order valence-electron chi connectivity index (χ1n) is 5.14. The number of carbonyl (C=O) groups is 2. The van der Waals surface area contributed by atoms with E-state index in [0.717, 1.165) is 0 Å². The minimum Gasteiger partial charge on any atom is -0.480 e. The van der Waals surface area contributed by atoms with Crippen molar-refractivity contribution in [2.75, 3.05) is 13.1 Å². The third-order valence-corrected chi connectivity index (χ3v) is 2.38. The summed E-state index contributed by atoms with van der Waals surface area (Å²) < 4.78 is 5.13. The van der Waals surface area contributed by atoms with Crippen LogP contribution in [0, 0.1) is 0 Å². The van der Waals surface area contributed by atoms with Crippen molar-refractivity contribution >= 4 is 12.1 Å².